The molecule has 0 aliphatic heterocycles. The quantitative estimate of drug-likeness (QED) is 0.326. The summed E-state index contributed by atoms with van der Waals surface area (Å²) in [4.78, 5) is 0. The van der Waals surface area contributed by atoms with Crippen LogP contribution < -0.4 is 0 Å². The van der Waals surface area contributed by atoms with E-state index in [-0.39, 0.29) is 0 Å². The summed E-state index contributed by atoms with van der Waals surface area (Å²) >= 11 is 5.49. The molecule has 0 bridgehead atoms. The zero-order chi connectivity index (χ0) is 6.95. The Morgan fingerprint density at radius 2 is 1.78 bits per heavy atom. The van der Waals surface area contributed by atoms with Gasteiger partial charge in [-0.3, -0.25) is 0 Å². The summed E-state index contributed by atoms with van der Waals surface area (Å²) in [5.74, 6) is 0.807. The van der Waals surface area contributed by atoms with Crippen LogP contribution in [0, 0.1) is 0 Å². The fourth-order valence-electron chi connectivity index (χ4n) is 0.694. The van der Waals surface area contributed by atoms with Crippen LogP contribution >= 0.6 is 11.6 Å². The van der Waals surface area contributed by atoms with Crippen LogP contribution in [0.3, 0.4) is 0 Å². The lowest BCUT2D eigenvalue weighted by atomic mass is 10.2. The van der Waals surface area contributed by atoms with Gasteiger partial charge in [0.15, 0.2) is 0 Å². The average Bonchev–Trinajstić information content (AvgIpc) is 1.89. The van der Waals surface area contributed by atoms with Gasteiger partial charge in [-0.25, -0.2) is 0 Å². The summed E-state index contributed by atoms with van der Waals surface area (Å²) in [5.41, 5.74) is 0. The van der Waals surface area contributed by atoms with E-state index in [4.69, 9.17) is 16.0 Å². The highest BCUT2D eigenvalue weighted by Gasteiger charge is 1.86. The molecular weight excluding hydrogens is 152 g/mol. The first-order valence-electron chi connectivity index (χ1n) is 3.46. The third kappa shape index (κ3) is 8.47. The van der Waals surface area contributed by atoms with Gasteiger partial charge in [-0.2, -0.15) is 0 Å². The highest BCUT2D eigenvalue weighted by atomic mass is 35.5. The predicted molar refractivity (Wildman–Crippen MR) is 45.1 cm³/mol. The molecule has 0 amide bonds. The zero-order valence-electron chi connectivity index (χ0n) is 6.03. The van der Waals surface area contributed by atoms with E-state index in [0.717, 1.165) is 29.4 Å². The number of hydrogen-bond donors (Lipinski definition) is 0. The fourth-order valence-corrected chi connectivity index (χ4v) is 1.17. The Balaban J connectivity index is 2.60. The molecule has 0 aromatic rings. The predicted octanol–water partition coefficient (Wildman–Crippen LogP) is 1.08. The molecule has 0 heterocycles. The van der Waals surface area contributed by atoms with Gasteiger partial charge in [0.1, 0.15) is 10.5 Å². The van der Waals surface area contributed by atoms with Gasteiger partial charge >= 0.3 is 0 Å². The molecule has 0 unspecified atom stereocenters. The molecule has 0 saturated carbocycles. The Morgan fingerprint density at radius 3 is 2.33 bits per heavy atom. The number of alkyl halides is 1. The van der Waals surface area contributed by atoms with Crippen molar-refractivity contribution in [1.82, 2.24) is 0 Å². The monoisotopic (exact) mass is 166 g/mol. The molecule has 0 radical (unpaired) electrons. The van der Waals surface area contributed by atoms with Crippen molar-refractivity contribution in [2.75, 3.05) is 12.5 Å². The van der Waals surface area contributed by atoms with Gasteiger partial charge in [0, 0.05) is 12.5 Å². The molecule has 0 N–H and O–H groups in total. The first kappa shape index (κ1) is 9.47. The maximum atomic E-state index is 5.49. The Morgan fingerprint density at radius 1 is 1.11 bits per heavy atom. The molecule has 0 aliphatic carbocycles. The van der Waals surface area contributed by atoms with Gasteiger partial charge in [-0.1, -0.05) is 12.8 Å². The van der Waals surface area contributed by atoms with Crippen LogP contribution in [0.4, 0.5) is 0 Å². The van der Waals surface area contributed by atoms with Crippen LogP contribution in [-0.4, -0.2) is 23.0 Å². The zero-order valence-corrected chi connectivity index (χ0v) is 8.78. The van der Waals surface area contributed by atoms with E-state index in [1.54, 1.807) is 0 Å². The van der Waals surface area contributed by atoms with Crippen LogP contribution in [0.5, 0.6) is 0 Å². The molecule has 0 spiro atoms. The molecule has 56 valence electrons. The van der Waals surface area contributed by atoms with E-state index in [9.17, 15) is 0 Å². The first-order valence-corrected chi connectivity index (χ1v) is 4.82. The lowest BCUT2D eigenvalue weighted by Gasteiger charge is -1.97. The maximum absolute atomic E-state index is 5.49. The fraction of sp³-hybridized carbons (Fsp3) is 1.00. The molecule has 0 aliphatic rings. The van der Waals surface area contributed by atoms with Crippen molar-refractivity contribution in [2.24, 2.45) is 0 Å². The van der Waals surface area contributed by atoms with E-state index < -0.39 is 0 Å². The van der Waals surface area contributed by atoms with Gasteiger partial charge in [0.25, 0.3) is 0 Å². The Hall–Kier alpha value is 0.467. The topological polar surface area (TPSA) is 9.23 Å². The molecule has 0 rings (SSSR count). The second kappa shape index (κ2) is 8.47. The average molecular weight is 167 g/mol. The Labute approximate surface area is 65.3 Å². The van der Waals surface area contributed by atoms with Crippen molar-refractivity contribution >= 4 is 22.1 Å². The molecular formula is C6H15ClOSi. The van der Waals surface area contributed by atoms with Gasteiger partial charge < -0.3 is 4.43 Å². The van der Waals surface area contributed by atoms with Crippen molar-refractivity contribution in [3.8, 4) is 0 Å². The van der Waals surface area contributed by atoms with Crippen LogP contribution in [-0.2, 0) is 4.43 Å². The third-order valence-corrected chi connectivity index (χ3v) is 1.91. The van der Waals surface area contributed by atoms with Crippen LogP contribution in [0.25, 0.3) is 0 Å². The second-order valence-electron chi connectivity index (χ2n) is 2.10. The van der Waals surface area contributed by atoms with E-state index in [2.05, 4.69) is 0 Å². The van der Waals surface area contributed by atoms with Crippen LogP contribution in [0.1, 0.15) is 25.7 Å². The van der Waals surface area contributed by atoms with Gasteiger partial charge in [-0.05, 0) is 12.8 Å². The molecule has 9 heavy (non-hydrogen) atoms. The van der Waals surface area contributed by atoms with E-state index >= 15 is 0 Å². The number of rotatable bonds is 6. The van der Waals surface area contributed by atoms with Crippen LogP contribution in [0.2, 0.25) is 0 Å². The van der Waals surface area contributed by atoms with E-state index in [1.807, 2.05) is 0 Å². The second-order valence-corrected chi connectivity index (χ2v) is 3.05. The molecule has 0 aromatic heterocycles. The number of halogens is 1. The molecule has 0 atom stereocenters. The minimum Gasteiger partial charge on any atom is -0.428 e. The highest BCUT2D eigenvalue weighted by Crippen LogP contribution is 2.00. The minimum atomic E-state index is 0.807. The van der Waals surface area contributed by atoms with Gasteiger partial charge in [0.2, 0.25) is 0 Å². The molecule has 1 nitrogen and oxygen atoms in total. The normalized spacial score (nSPS) is 10.3. The first-order chi connectivity index (χ1) is 4.41. The van der Waals surface area contributed by atoms with Crippen molar-refractivity contribution in [3.63, 3.8) is 0 Å². The summed E-state index contributed by atoms with van der Waals surface area (Å²) in [7, 11) is 0.882. The van der Waals surface area contributed by atoms with Gasteiger partial charge in [0.05, 0.1) is 0 Å². The number of hydrogen-bond acceptors (Lipinski definition) is 1. The highest BCUT2D eigenvalue weighted by molar-refractivity contribution is 6.17. The van der Waals surface area contributed by atoms with Crippen LogP contribution in [0.15, 0.2) is 0 Å². The van der Waals surface area contributed by atoms with E-state index in [0.29, 0.717) is 0 Å². The smallest absolute Gasteiger partial charge is 0.145 e. The summed E-state index contributed by atoms with van der Waals surface area (Å²) in [6.45, 7) is 0.953. The minimum absolute atomic E-state index is 0.807. The Bertz CT molecular complexity index is 46.3. The molecule has 0 aromatic carbocycles. The standard InChI is InChI=1S/C6H15ClOSi/c7-5-3-1-2-4-6-8-9/h1-6H2,9H3. The largest absolute Gasteiger partial charge is 0.428 e. The van der Waals surface area contributed by atoms with Gasteiger partial charge in [-0.15, -0.1) is 11.6 Å². The van der Waals surface area contributed by atoms with Crippen molar-refractivity contribution in [2.45, 2.75) is 25.7 Å². The van der Waals surface area contributed by atoms with Crippen molar-refractivity contribution in [1.29, 1.82) is 0 Å². The molecule has 3 heteroatoms. The lowest BCUT2D eigenvalue weighted by molar-refractivity contribution is 0.334. The molecule has 0 saturated heterocycles. The number of unbranched alkanes of at least 4 members (excludes halogenated alkanes) is 3. The Kier molecular flexibility index (Phi) is 8.91. The maximum Gasteiger partial charge on any atom is 0.145 e. The van der Waals surface area contributed by atoms with Crippen molar-refractivity contribution in [3.05, 3.63) is 0 Å². The summed E-state index contributed by atoms with van der Waals surface area (Å²) in [6, 6.07) is 0. The summed E-state index contributed by atoms with van der Waals surface area (Å²) in [6.07, 6.45) is 4.90. The van der Waals surface area contributed by atoms with Crippen molar-refractivity contribution < 1.29 is 4.43 Å². The molecule has 0 fully saturated rings. The lowest BCUT2D eigenvalue weighted by Crippen LogP contribution is -1.89. The SMILES string of the molecule is [SiH3]OCCCCCCCl. The summed E-state index contributed by atoms with van der Waals surface area (Å²) < 4.78 is 5.03. The summed E-state index contributed by atoms with van der Waals surface area (Å²) in [5, 5.41) is 0. The third-order valence-electron chi connectivity index (χ3n) is 1.23. The van der Waals surface area contributed by atoms with E-state index in [1.165, 1.54) is 19.3 Å².